The maximum absolute atomic E-state index is 5.60. The van der Waals surface area contributed by atoms with Gasteiger partial charge in [-0.1, -0.05) is 147 Å². The van der Waals surface area contributed by atoms with Gasteiger partial charge in [-0.05, 0) is 80.4 Å². The molecule has 0 radical (unpaired) electrons. The van der Waals surface area contributed by atoms with Crippen LogP contribution in [-0.4, -0.2) is 9.97 Å². The van der Waals surface area contributed by atoms with Gasteiger partial charge in [0.15, 0.2) is 5.82 Å². The third kappa shape index (κ3) is 4.51. The molecule has 9 aromatic rings. The molecule has 1 unspecified atom stereocenters. The summed E-state index contributed by atoms with van der Waals surface area (Å²) in [6.07, 6.45) is 0. The monoisotopic (exact) mass is 694 g/mol. The lowest BCUT2D eigenvalue weighted by molar-refractivity contribution is 0.603. The van der Waals surface area contributed by atoms with E-state index in [2.05, 4.69) is 178 Å². The zero-order valence-electron chi connectivity index (χ0n) is 29.5. The first-order valence-electron chi connectivity index (χ1n) is 18.4. The van der Waals surface area contributed by atoms with Crippen LogP contribution < -0.4 is 0 Å². The van der Waals surface area contributed by atoms with Crippen molar-refractivity contribution in [2.75, 3.05) is 0 Å². The fourth-order valence-corrected chi connectivity index (χ4v) is 10.5. The van der Waals surface area contributed by atoms with Crippen LogP contribution in [0.15, 0.2) is 164 Å². The molecular formula is C50H34N2S. The Morgan fingerprint density at radius 3 is 1.75 bits per heavy atom. The Morgan fingerprint density at radius 2 is 1.06 bits per heavy atom. The lowest BCUT2D eigenvalue weighted by Gasteiger charge is -2.39. The maximum Gasteiger partial charge on any atom is 0.160 e. The molecule has 0 aliphatic heterocycles. The SMILES string of the molecule is CC1(C)c2cccc(-c3nc(-c4cc(-c5ccccc5)cc(-c5ccccc5)c4)nc4ccccc34)c2C2c3sc4ccccc4c3-c3cccc1c32. The standard InChI is InChI=1S/C50H34N2S/c1-50(2)39-23-13-21-37-43-36-20-10-12-26-42(36)53-48(43)46(44(37)39)45-38(22-14-24-40(45)50)47-35-19-9-11-25-41(35)51-49(52-47)34-28-32(30-15-5-3-6-16-30)27-33(29-34)31-17-7-4-8-18-31/h3-29,46H,1-2H3. The van der Waals surface area contributed by atoms with Gasteiger partial charge in [-0.3, -0.25) is 0 Å². The third-order valence-electron chi connectivity index (χ3n) is 11.6. The van der Waals surface area contributed by atoms with E-state index in [1.807, 2.05) is 11.3 Å². The molecule has 11 rings (SSSR count). The molecule has 0 saturated heterocycles. The summed E-state index contributed by atoms with van der Waals surface area (Å²) in [6.45, 7) is 4.80. The van der Waals surface area contributed by atoms with E-state index in [0.717, 1.165) is 39.1 Å². The molecule has 0 N–H and O–H groups in total. The van der Waals surface area contributed by atoms with E-state index in [0.29, 0.717) is 0 Å². The lowest BCUT2D eigenvalue weighted by Crippen LogP contribution is -2.29. The van der Waals surface area contributed by atoms with Crippen molar-refractivity contribution in [2.45, 2.75) is 25.2 Å². The number of aromatic nitrogens is 2. The molecule has 53 heavy (non-hydrogen) atoms. The van der Waals surface area contributed by atoms with Crippen LogP contribution in [0, 0.1) is 0 Å². The molecule has 250 valence electrons. The van der Waals surface area contributed by atoms with Crippen LogP contribution in [0.1, 0.15) is 46.9 Å². The first-order valence-corrected chi connectivity index (χ1v) is 19.2. The predicted molar refractivity (Wildman–Crippen MR) is 222 cm³/mol. The van der Waals surface area contributed by atoms with Gasteiger partial charge in [0.1, 0.15) is 0 Å². The fourth-order valence-electron chi connectivity index (χ4n) is 9.13. The molecule has 2 nitrogen and oxygen atoms in total. The predicted octanol–water partition coefficient (Wildman–Crippen LogP) is 13.3. The Labute approximate surface area is 313 Å². The lowest BCUT2D eigenvalue weighted by atomic mass is 9.64. The van der Waals surface area contributed by atoms with Gasteiger partial charge in [-0.2, -0.15) is 0 Å². The van der Waals surface area contributed by atoms with Gasteiger partial charge in [0, 0.05) is 48.4 Å². The number of nitrogens with zero attached hydrogens (tertiary/aromatic N) is 2. The summed E-state index contributed by atoms with van der Waals surface area (Å²) >= 11 is 1.96. The molecule has 0 amide bonds. The van der Waals surface area contributed by atoms with Crippen molar-refractivity contribution in [3.05, 3.63) is 191 Å². The normalized spacial score (nSPS) is 14.9. The Morgan fingerprint density at radius 1 is 0.491 bits per heavy atom. The molecule has 0 spiro atoms. The van der Waals surface area contributed by atoms with Gasteiger partial charge in [0.2, 0.25) is 0 Å². The summed E-state index contributed by atoms with van der Waals surface area (Å²) < 4.78 is 1.35. The van der Waals surface area contributed by atoms with Crippen molar-refractivity contribution in [1.82, 2.24) is 9.97 Å². The van der Waals surface area contributed by atoms with Gasteiger partial charge in [0.25, 0.3) is 0 Å². The zero-order chi connectivity index (χ0) is 35.3. The number of hydrogen-bond acceptors (Lipinski definition) is 3. The summed E-state index contributed by atoms with van der Waals surface area (Å²) in [6, 6.07) is 59.4. The highest BCUT2D eigenvalue weighted by Crippen LogP contribution is 2.62. The molecule has 2 heterocycles. The average molecular weight is 695 g/mol. The van der Waals surface area contributed by atoms with Gasteiger partial charge >= 0.3 is 0 Å². The molecular weight excluding hydrogens is 661 g/mol. The van der Waals surface area contributed by atoms with Crippen LogP contribution in [-0.2, 0) is 5.41 Å². The number of rotatable bonds is 4. The molecule has 7 aromatic carbocycles. The van der Waals surface area contributed by atoms with E-state index in [-0.39, 0.29) is 11.3 Å². The van der Waals surface area contributed by atoms with Crippen molar-refractivity contribution in [3.63, 3.8) is 0 Å². The van der Waals surface area contributed by atoms with Crippen LogP contribution in [0.5, 0.6) is 0 Å². The van der Waals surface area contributed by atoms with Crippen LogP contribution in [0.4, 0.5) is 0 Å². The maximum atomic E-state index is 5.60. The number of para-hydroxylation sites is 1. The van der Waals surface area contributed by atoms with Crippen LogP contribution in [0.25, 0.3) is 77.0 Å². The molecule has 3 heteroatoms. The van der Waals surface area contributed by atoms with Crippen molar-refractivity contribution >= 4 is 32.3 Å². The third-order valence-corrected chi connectivity index (χ3v) is 12.8. The van der Waals surface area contributed by atoms with Gasteiger partial charge in [0.05, 0.1) is 11.2 Å². The van der Waals surface area contributed by atoms with Crippen LogP contribution in [0.3, 0.4) is 0 Å². The molecule has 2 aliphatic carbocycles. The van der Waals surface area contributed by atoms with E-state index in [4.69, 9.17) is 9.97 Å². The second kappa shape index (κ2) is 11.4. The number of thiophene rings is 1. The minimum absolute atomic E-state index is 0.135. The minimum Gasteiger partial charge on any atom is -0.228 e. The highest BCUT2D eigenvalue weighted by Gasteiger charge is 2.46. The van der Waals surface area contributed by atoms with Crippen molar-refractivity contribution in [2.24, 2.45) is 0 Å². The summed E-state index contributed by atoms with van der Waals surface area (Å²) in [4.78, 5) is 12.3. The highest BCUT2D eigenvalue weighted by atomic mass is 32.1. The second-order valence-corrected chi connectivity index (χ2v) is 16.0. The summed E-state index contributed by atoms with van der Waals surface area (Å²) in [5.74, 6) is 0.868. The first-order chi connectivity index (χ1) is 26.0. The largest absolute Gasteiger partial charge is 0.228 e. The number of benzene rings is 7. The van der Waals surface area contributed by atoms with Crippen molar-refractivity contribution in [1.29, 1.82) is 0 Å². The Bertz CT molecular complexity index is 2860. The Hall–Kier alpha value is -6.16. The van der Waals surface area contributed by atoms with Gasteiger partial charge < -0.3 is 0 Å². The highest BCUT2D eigenvalue weighted by molar-refractivity contribution is 7.20. The molecule has 2 aliphatic rings. The summed E-state index contributed by atoms with van der Waals surface area (Å²) in [7, 11) is 0. The zero-order valence-corrected chi connectivity index (χ0v) is 30.3. The number of fused-ring (bicyclic) bond motifs is 8. The second-order valence-electron chi connectivity index (χ2n) is 14.9. The molecule has 0 fully saturated rings. The van der Waals surface area contributed by atoms with Gasteiger partial charge in [-0.15, -0.1) is 11.3 Å². The Balaban J connectivity index is 1.19. The Kier molecular flexibility index (Phi) is 6.56. The number of hydrogen-bond donors (Lipinski definition) is 0. The van der Waals surface area contributed by atoms with Crippen LogP contribution in [0.2, 0.25) is 0 Å². The first kappa shape index (κ1) is 30.5. The average Bonchev–Trinajstić information content (AvgIpc) is 3.75. The van der Waals surface area contributed by atoms with Crippen LogP contribution >= 0.6 is 11.3 Å². The van der Waals surface area contributed by atoms with E-state index in [1.54, 1.807) is 0 Å². The van der Waals surface area contributed by atoms with E-state index in [9.17, 15) is 0 Å². The van der Waals surface area contributed by atoms with E-state index < -0.39 is 0 Å². The van der Waals surface area contributed by atoms with Crippen molar-refractivity contribution in [3.8, 4) is 56.0 Å². The fraction of sp³-hybridized carbons (Fsp3) is 0.0800. The van der Waals surface area contributed by atoms with Crippen molar-refractivity contribution < 1.29 is 0 Å². The quantitative estimate of drug-likeness (QED) is 0.183. The molecule has 2 aromatic heterocycles. The molecule has 0 saturated carbocycles. The topological polar surface area (TPSA) is 25.8 Å². The smallest absolute Gasteiger partial charge is 0.160 e. The minimum atomic E-state index is -0.183. The molecule has 1 atom stereocenters. The van der Waals surface area contributed by atoms with Gasteiger partial charge in [-0.25, -0.2) is 9.97 Å². The summed E-state index contributed by atoms with van der Waals surface area (Å²) in [5, 5.41) is 2.42. The van der Waals surface area contributed by atoms with E-state index in [1.165, 1.54) is 65.0 Å². The molecule has 0 bridgehead atoms. The van der Waals surface area contributed by atoms with E-state index >= 15 is 0 Å². The summed E-state index contributed by atoms with van der Waals surface area (Å²) in [5.41, 5.74) is 17.0.